The summed E-state index contributed by atoms with van der Waals surface area (Å²) < 4.78 is 0. The summed E-state index contributed by atoms with van der Waals surface area (Å²) in [7, 11) is 4.38. The zero-order valence-electron chi connectivity index (χ0n) is 12.4. The van der Waals surface area contributed by atoms with E-state index in [2.05, 4.69) is 36.1 Å². The van der Waals surface area contributed by atoms with Crippen LogP contribution in [-0.2, 0) is 0 Å². The maximum atomic E-state index is 6.07. The molecule has 0 aliphatic carbocycles. The smallest absolute Gasteiger partial charge is 0.0595 e. The first-order valence-electron chi connectivity index (χ1n) is 7.04. The zero-order valence-corrected chi connectivity index (χ0v) is 13.9. The zero-order chi connectivity index (χ0) is 14.7. The van der Waals surface area contributed by atoms with E-state index >= 15 is 0 Å². The summed E-state index contributed by atoms with van der Waals surface area (Å²) in [6.45, 7) is 6.52. The van der Waals surface area contributed by atoms with E-state index in [1.54, 1.807) is 0 Å². The van der Waals surface area contributed by atoms with E-state index in [1.165, 1.54) is 5.56 Å². The van der Waals surface area contributed by atoms with Crippen molar-refractivity contribution in [2.24, 2.45) is 0 Å². The molecule has 0 bridgehead atoms. The second-order valence-electron chi connectivity index (χ2n) is 5.70. The first-order chi connectivity index (χ1) is 9.47. The summed E-state index contributed by atoms with van der Waals surface area (Å²) in [6.07, 6.45) is 0. The topological polar surface area (TPSA) is 18.5 Å². The minimum atomic E-state index is 0.269. The largest absolute Gasteiger partial charge is 0.309 e. The molecule has 0 radical (unpaired) electrons. The predicted molar refractivity (Wildman–Crippen MR) is 86.8 cm³/mol. The Bertz CT molecular complexity index is 453. The highest BCUT2D eigenvalue weighted by molar-refractivity contribution is 6.42. The average Bonchev–Trinajstić information content (AvgIpc) is 2.42. The molecule has 1 fully saturated rings. The predicted octanol–water partition coefficient (Wildman–Crippen LogP) is 2.89. The normalized spacial score (nSPS) is 22.9. The SMILES string of the molecule is CC(NCC1CN(C)CCN1C)c1ccc(Cl)c(Cl)c1. The number of benzene rings is 1. The monoisotopic (exact) mass is 315 g/mol. The summed E-state index contributed by atoms with van der Waals surface area (Å²) in [4.78, 5) is 4.81. The quantitative estimate of drug-likeness (QED) is 0.921. The molecule has 2 rings (SSSR count). The number of hydrogen-bond acceptors (Lipinski definition) is 3. The van der Waals surface area contributed by atoms with Gasteiger partial charge in [-0.15, -0.1) is 0 Å². The fourth-order valence-corrected chi connectivity index (χ4v) is 2.84. The lowest BCUT2D eigenvalue weighted by molar-refractivity contribution is 0.112. The number of likely N-dealkylation sites (N-methyl/N-ethyl adjacent to an activating group) is 2. The van der Waals surface area contributed by atoms with Crippen LogP contribution < -0.4 is 5.32 Å². The highest BCUT2D eigenvalue weighted by Gasteiger charge is 2.22. The maximum Gasteiger partial charge on any atom is 0.0595 e. The van der Waals surface area contributed by atoms with Crippen LogP contribution in [0.15, 0.2) is 18.2 Å². The van der Waals surface area contributed by atoms with Gasteiger partial charge in [0, 0.05) is 38.3 Å². The fraction of sp³-hybridized carbons (Fsp3) is 0.600. The molecule has 5 heteroatoms. The van der Waals surface area contributed by atoms with Crippen LogP contribution in [0.4, 0.5) is 0 Å². The van der Waals surface area contributed by atoms with E-state index in [-0.39, 0.29) is 6.04 Å². The first-order valence-corrected chi connectivity index (χ1v) is 7.80. The van der Waals surface area contributed by atoms with Gasteiger partial charge in [0.25, 0.3) is 0 Å². The first kappa shape index (κ1) is 16.1. The van der Waals surface area contributed by atoms with E-state index < -0.39 is 0 Å². The fourth-order valence-electron chi connectivity index (χ4n) is 2.53. The second-order valence-corrected chi connectivity index (χ2v) is 6.51. The number of halogens is 2. The van der Waals surface area contributed by atoms with Crippen LogP contribution in [0.5, 0.6) is 0 Å². The van der Waals surface area contributed by atoms with Gasteiger partial charge in [-0.25, -0.2) is 0 Å². The summed E-state index contributed by atoms with van der Waals surface area (Å²) in [6, 6.07) is 6.66. The van der Waals surface area contributed by atoms with E-state index in [4.69, 9.17) is 23.2 Å². The van der Waals surface area contributed by atoms with Crippen LogP contribution in [0.25, 0.3) is 0 Å². The second kappa shape index (κ2) is 7.10. The van der Waals surface area contributed by atoms with Crippen LogP contribution in [0.2, 0.25) is 10.0 Å². The Morgan fingerprint density at radius 3 is 2.70 bits per heavy atom. The molecule has 1 heterocycles. The molecule has 112 valence electrons. The van der Waals surface area contributed by atoms with E-state index in [0.717, 1.165) is 26.2 Å². The van der Waals surface area contributed by atoms with Gasteiger partial charge in [-0.2, -0.15) is 0 Å². The molecule has 0 aromatic heterocycles. The molecule has 1 N–H and O–H groups in total. The van der Waals surface area contributed by atoms with Crippen molar-refractivity contribution in [2.75, 3.05) is 40.3 Å². The van der Waals surface area contributed by atoms with Crippen molar-refractivity contribution in [1.82, 2.24) is 15.1 Å². The lowest BCUT2D eigenvalue weighted by Gasteiger charge is -2.38. The lowest BCUT2D eigenvalue weighted by Crippen LogP contribution is -2.53. The third-order valence-corrected chi connectivity index (χ3v) is 4.82. The highest BCUT2D eigenvalue weighted by atomic mass is 35.5. The van der Waals surface area contributed by atoms with Crippen molar-refractivity contribution in [1.29, 1.82) is 0 Å². The third-order valence-electron chi connectivity index (χ3n) is 4.08. The average molecular weight is 316 g/mol. The highest BCUT2D eigenvalue weighted by Crippen LogP contribution is 2.25. The van der Waals surface area contributed by atoms with Gasteiger partial charge in [0.2, 0.25) is 0 Å². The van der Waals surface area contributed by atoms with Gasteiger partial charge in [-0.05, 0) is 38.7 Å². The molecule has 1 aliphatic heterocycles. The molecule has 0 spiro atoms. The molecular formula is C15H23Cl2N3. The number of nitrogens with zero attached hydrogens (tertiary/aromatic N) is 2. The molecule has 1 aromatic rings. The van der Waals surface area contributed by atoms with Crippen molar-refractivity contribution < 1.29 is 0 Å². The van der Waals surface area contributed by atoms with Crippen molar-refractivity contribution in [2.45, 2.75) is 19.0 Å². The Morgan fingerprint density at radius 1 is 1.25 bits per heavy atom. The van der Waals surface area contributed by atoms with Crippen molar-refractivity contribution in [3.63, 3.8) is 0 Å². The van der Waals surface area contributed by atoms with E-state index in [9.17, 15) is 0 Å². The molecule has 1 aliphatic rings. The third kappa shape index (κ3) is 4.09. The van der Waals surface area contributed by atoms with Gasteiger partial charge < -0.3 is 10.2 Å². The molecule has 1 aromatic carbocycles. The number of rotatable bonds is 4. The van der Waals surface area contributed by atoms with Gasteiger partial charge in [-0.1, -0.05) is 29.3 Å². The van der Waals surface area contributed by atoms with Gasteiger partial charge in [0.1, 0.15) is 0 Å². The van der Waals surface area contributed by atoms with Gasteiger partial charge >= 0.3 is 0 Å². The molecular weight excluding hydrogens is 293 g/mol. The Hall–Kier alpha value is -0.320. The van der Waals surface area contributed by atoms with Gasteiger partial charge in [-0.3, -0.25) is 4.90 Å². The molecule has 20 heavy (non-hydrogen) atoms. The molecule has 0 amide bonds. The Morgan fingerprint density at radius 2 is 2.00 bits per heavy atom. The van der Waals surface area contributed by atoms with Gasteiger partial charge in [0.05, 0.1) is 10.0 Å². The minimum absolute atomic E-state index is 0.269. The maximum absolute atomic E-state index is 6.07. The number of hydrogen-bond donors (Lipinski definition) is 1. The van der Waals surface area contributed by atoms with Crippen LogP contribution >= 0.6 is 23.2 Å². The molecule has 2 atom stereocenters. The summed E-state index contributed by atoms with van der Waals surface area (Å²) in [5.74, 6) is 0. The summed E-state index contributed by atoms with van der Waals surface area (Å²) in [5.41, 5.74) is 1.17. The minimum Gasteiger partial charge on any atom is -0.309 e. The molecule has 1 saturated heterocycles. The Balaban J connectivity index is 1.90. The van der Waals surface area contributed by atoms with E-state index in [0.29, 0.717) is 16.1 Å². The molecule has 2 unspecified atom stereocenters. The summed E-state index contributed by atoms with van der Waals surface area (Å²) in [5, 5.41) is 4.82. The lowest BCUT2D eigenvalue weighted by atomic mass is 10.1. The number of piperazine rings is 1. The van der Waals surface area contributed by atoms with Crippen molar-refractivity contribution >= 4 is 23.2 Å². The van der Waals surface area contributed by atoms with Crippen LogP contribution in [-0.4, -0.2) is 56.1 Å². The molecule has 3 nitrogen and oxygen atoms in total. The summed E-state index contributed by atoms with van der Waals surface area (Å²) >= 11 is 12.0. The Labute approximate surface area is 131 Å². The Kier molecular flexibility index (Phi) is 5.70. The molecule has 0 saturated carbocycles. The van der Waals surface area contributed by atoms with Crippen LogP contribution in [0.3, 0.4) is 0 Å². The van der Waals surface area contributed by atoms with Crippen molar-refractivity contribution in [3.8, 4) is 0 Å². The standard InChI is InChI=1S/C15H23Cl2N3/c1-11(12-4-5-14(16)15(17)8-12)18-9-13-10-19(2)6-7-20(13)3/h4-5,8,11,13,18H,6-7,9-10H2,1-3H3. The van der Waals surface area contributed by atoms with E-state index in [1.807, 2.05) is 18.2 Å². The van der Waals surface area contributed by atoms with Crippen LogP contribution in [0, 0.1) is 0 Å². The van der Waals surface area contributed by atoms with Crippen LogP contribution in [0.1, 0.15) is 18.5 Å². The number of nitrogens with one attached hydrogen (secondary N) is 1. The van der Waals surface area contributed by atoms with Gasteiger partial charge in [0.15, 0.2) is 0 Å². The van der Waals surface area contributed by atoms with Crippen molar-refractivity contribution in [3.05, 3.63) is 33.8 Å².